The Hall–Kier alpha value is -0.970. The van der Waals surface area contributed by atoms with Gasteiger partial charge < -0.3 is 15.0 Å². The van der Waals surface area contributed by atoms with E-state index in [-0.39, 0.29) is 6.04 Å². The van der Waals surface area contributed by atoms with Gasteiger partial charge in [-0.2, -0.15) is 0 Å². The molecule has 0 aliphatic rings. The van der Waals surface area contributed by atoms with Crippen LogP contribution in [0.4, 0.5) is 5.95 Å². The Balaban J connectivity index is 2.57. The number of imidazole rings is 1. The molecule has 2 rings (SSSR count). The lowest BCUT2D eigenvalue weighted by molar-refractivity contribution is 0.153. The van der Waals surface area contributed by atoms with E-state index in [0.717, 1.165) is 23.9 Å². The summed E-state index contributed by atoms with van der Waals surface area (Å²) in [5.74, 6) is 0.462. The normalized spacial score (nSPS) is 13.1. The number of hydrogen-bond donors (Lipinski definition) is 1. The molecule has 0 fully saturated rings. The van der Waals surface area contributed by atoms with Crippen LogP contribution in [0.15, 0.2) is 12.1 Å². The summed E-state index contributed by atoms with van der Waals surface area (Å²) in [6, 6.07) is 3.69. The van der Waals surface area contributed by atoms with Crippen molar-refractivity contribution < 1.29 is 4.74 Å². The third-order valence-electron chi connectivity index (χ3n) is 3.10. The van der Waals surface area contributed by atoms with E-state index in [4.69, 9.17) is 33.7 Å². The number of fused-ring (bicyclic) bond motifs is 1. The van der Waals surface area contributed by atoms with Crippen LogP contribution in [0.3, 0.4) is 0 Å². The molecule has 0 aliphatic heterocycles. The minimum Gasteiger partial charge on any atom is -0.383 e. The second kappa shape index (κ2) is 5.99. The first kappa shape index (κ1) is 14.4. The van der Waals surface area contributed by atoms with Crippen LogP contribution in [-0.2, 0) is 4.74 Å². The molecule has 1 heterocycles. The summed E-state index contributed by atoms with van der Waals surface area (Å²) in [7, 11) is 1.68. The van der Waals surface area contributed by atoms with Crippen molar-refractivity contribution in [1.29, 1.82) is 0 Å². The third kappa shape index (κ3) is 2.81. The number of aromatic nitrogens is 2. The Labute approximate surface area is 122 Å². The Kier molecular flexibility index (Phi) is 4.55. The molecule has 0 amide bonds. The first-order chi connectivity index (χ1) is 9.08. The van der Waals surface area contributed by atoms with E-state index >= 15 is 0 Å². The van der Waals surface area contributed by atoms with Gasteiger partial charge in [-0.15, -0.1) is 0 Å². The van der Waals surface area contributed by atoms with Crippen LogP contribution in [0.1, 0.15) is 25.8 Å². The van der Waals surface area contributed by atoms with Crippen LogP contribution >= 0.6 is 23.2 Å². The zero-order valence-corrected chi connectivity index (χ0v) is 12.5. The average molecular weight is 302 g/mol. The fourth-order valence-electron chi connectivity index (χ4n) is 2.31. The molecule has 1 aromatic heterocycles. The molecule has 4 nitrogen and oxygen atoms in total. The topological polar surface area (TPSA) is 53.1 Å². The van der Waals surface area contributed by atoms with E-state index in [1.54, 1.807) is 19.2 Å². The number of nitrogens with two attached hydrogens (primary N) is 1. The highest BCUT2D eigenvalue weighted by molar-refractivity contribution is 6.42. The molecule has 0 saturated carbocycles. The van der Waals surface area contributed by atoms with Crippen molar-refractivity contribution >= 4 is 40.2 Å². The molecular formula is C13H17Cl2N3O. The Bertz CT molecular complexity index is 577. The van der Waals surface area contributed by atoms with Crippen LogP contribution in [0.25, 0.3) is 11.0 Å². The Morgan fingerprint density at radius 2 is 2.05 bits per heavy atom. The summed E-state index contributed by atoms with van der Waals surface area (Å²) in [4.78, 5) is 4.34. The van der Waals surface area contributed by atoms with E-state index in [1.165, 1.54) is 0 Å². The number of rotatable bonds is 5. The number of benzene rings is 1. The number of anilines is 1. The largest absolute Gasteiger partial charge is 0.383 e. The number of ether oxygens (including phenoxy) is 1. The van der Waals surface area contributed by atoms with Gasteiger partial charge >= 0.3 is 0 Å². The van der Waals surface area contributed by atoms with Gasteiger partial charge in [-0.3, -0.25) is 0 Å². The maximum absolute atomic E-state index is 6.08. The van der Waals surface area contributed by atoms with Crippen molar-refractivity contribution in [3.8, 4) is 0 Å². The maximum Gasteiger partial charge on any atom is 0.201 e. The van der Waals surface area contributed by atoms with Crippen molar-refractivity contribution in [3.63, 3.8) is 0 Å². The molecule has 2 aromatic rings. The van der Waals surface area contributed by atoms with Crippen molar-refractivity contribution in [2.24, 2.45) is 0 Å². The molecular weight excluding hydrogens is 285 g/mol. The summed E-state index contributed by atoms with van der Waals surface area (Å²) < 4.78 is 7.25. The summed E-state index contributed by atoms with van der Waals surface area (Å²) in [5, 5.41) is 0.987. The summed E-state index contributed by atoms with van der Waals surface area (Å²) in [6.45, 7) is 2.71. The van der Waals surface area contributed by atoms with Crippen LogP contribution in [0, 0.1) is 0 Å². The third-order valence-corrected chi connectivity index (χ3v) is 3.83. The average Bonchev–Trinajstić information content (AvgIpc) is 2.65. The molecule has 2 N–H and O–H groups in total. The molecule has 0 aliphatic carbocycles. The SMILES string of the molecule is CCCC(COC)n1c(N)nc2cc(Cl)c(Cl)cc21. The van der Waals surface area contributed by atoms with Crippen molar-refractivity contribution in [1.82, 2.24) is 9.55 Å². The first-order valence-corrected chi connectivity index (χ1v) is 6.95. The van der Waals surface area contributed by atoms with Gasteiger partial charge in [0, 0.05) is 7.11 Å². The minimum absolute atomic E-state index is 0.150. The highest BCUT2D eigenvalue weighted by atomic mass is 35.5. The van der Waals surface area contributed by atoms with Gasteiger partial charge in [0.2, 0.25) is 5.95 Å². The second-order valence-electron chi connectivity index (χ2n) is 4.49. The molecule has 1 atom stereocenters. The standard InChI is InChI=1S/C13H17Cl2N3O/c1-3-4-8(7-19-2)18-12-6-10(15)9(14)5-11(12)17-13(18)16/h5-6,8H,3-4,7H2,1-2H3,(H2,16,17). The van der Waals surface area contributed by atoms with Crippen LogP contribution in [0.2, 0.25) is 10.0 Å². The predicted molar refractivity (Wildman–Crippen MR) is 80.0 cm³/mol. The molecule has 0 bridgehead atoms. The van der Waals surface area contributed by atoms with Crippen LogP contribution in [0.5, 0.6) is 0 Å². The monoisotopic (exact) mass is 301 g/mol. The molecule has 104 valence electrons. The number of hydrogen-bond acceptors (Lipinski definition) is 3. The maximum atomic E-state index is 6.08. The van der Waals surface area contributed by atoms with Gasteiger partial charge in [0.1, 0.15) is 0 Å². The van der Waals surface area contributed by atoms with E-state index < -0.39 is 0 Å². The fraction of sp³-hybridized carbons (Fsp3) is 0.462. The number of halogens is 2. The zero-order chi connectivity index (χ0) is 14.0. The van der Waals surface area contributed by atoms with E-state index in [0.29, 0.717) is 22.6 Å². The lowest BCUT2D eigenvalue weighted by atomic mass is 10.1. The van der Waals surface area contributed by atoms with E-state index in [1.807, 2.05) is 4.57 Å². The summed E-state index contributed by atoms with van der Waals surface area (Å²) in [6.07, 6.45) is 2.00. The lowest BCUT2D eigenvalue weighted by Gasteiger charge is -2.19. The summed E-state index contributed by atoms with van der Waals surface area (Å²) >= 11 is 12.1. The van der Waals surface area contributed by atoms with Crippen LogP contribution in [-0.4, -0.2) is 23.3 Å². The predicted octanol–water partition coefficient (Wildman–Crippen LogP) is 3.91. The van der Waals surface area contributed by atoms with E-state index in [2.05, 4.69) is 11.9 Å². The smallest absolute Gasteiger partial charge is 0.201 e. The highest BCUT2D eigenvalue weighted by Gasteiger charge is 2.18. The van der Waals surface area contributed by atoms with Gasteiger partial charge in [-0.25, -0.2) is 4.98 Å². The van der Waals surface area contributed by atoms with Gasteiger partial charge in [0.15, 0.2) is 0 Å². The molecule has 19 heavy (non-hydrogen) atoms. The van der Waals surface area contributed by atoms with Crippen LogP contribution < -0.4 is 5.73 Å². The van der Waals surface area contributed by atoms with Crippen molar-refractivity contribution in [3.05, 3.63) is 22.2 Å². The zero-order valence-electron chi connectivity index (χ0n) is 11.0. The Morgan fingerprint density at radius 3 is 2.68 bits per heavy atom. The van der Waals surface area contributed by atoms with Gasteiger partial charge in [-0.1, -0.05) is 36.5 Å². The second-order valence-corrected chi connectivity index (χ2v) is 5.31. The molecule has 1 unspecified atom stereocenters. The number of nitrogens with zero attached hydrogens (tertiary/aromatic N) is 2. The van der Waals surface area contributed by atoms with Gasteiger partial charge in [-0.05, 0) is 18.6 Å². The highest BCUT2D eigenvalue weighted by Crippen LogP contribution is 2.32. The van der Waals surface area contributed by atoms with Gasteiger partial charge in [0.25, 0.3) is 0 Å². The first-order valence-electron chi connectivity index (χ1n) is 6.19. The number of nitrogen functional groups attached to an aromatic ring is 1. The van der Waals surface area contributed by atoms with Gasteiger partial charge in [0.05, 0.1) is 33.7 Å². The van der Waals surface area contributed by atoms with E-state index in [9.17, 15) is 0 Å². The summed E-state index contributed by atoms with van der Waals surface area (Å²) in [5.41, 5.74) is 7.67. The molecule has 6 heteroatoms. The minimum atomic E-state index is 0.150. The van der Waals surface area contributed by atoms with Crippen molar-refractivity contribution in [2.45, 2.75) is 25.8 Å². The molecule has 1 aromatic carbocycles. The molecule has 0 saturated heterocycles. The number of methoxy groups -OCH3 is 1. The quantitative estimate of drug-likeness (QED) is 0.911. The molecule has 0 radical (unpaired) electrons. The Morgan fingerprint density at radius 1 is 1.37 bits per heavy atom. The lowest BCUT2D eigenvalue weighted by Crippen LogP contribution is -2.16. The fourth-order valence-corrected chi connectivity index (χ4v) is 2.62. The molecule has 0 spiro atoms. The van der Waals surface area contributed by atoms with Crippen molar-refractivity contribution in [2.75, 3.05) is 19.5 Å².